The van der Waals surface area contributed by atoms with Crippen molar-refractivity contribution in [2.45, 2.75) is 31.7 Å². The summed E-state index contributed by atoms with van der Waals surface area (Å²) in [5, 5.41) is 9.17. The molecule has 1 N–H and O–H groups in total. The van der Waals surface area contributed by atoms with Crippen LogP contribution in [-0.4, -0.2) is 48.9 Å². The fourth-order valence-electron chi connectivity index (χ4n) is 4.30. The molecule has 0 saturated carbocycles. The fraction of sp³-hybridized carbons (Fsp3) is 0.292. The number of aromatic nitrogens is 5. The Bertz CT molecular complexity index is 1400. The molecule has 0 bridgehead atoms. The number of rotatable bonds is 5. The second-order valence-corrected chi connectivity index (χ2v) is 9.29. The van der Waals surface area contributed by atoms with Crippen LogP contribution in [0, 0.1) is 0 Å². The van der Waals surface area contributed by atoms with Crippen LogP contribution >= 0.6 is 23.2 Å². The van der Waals surface area contributed by atoms with Gasteiger partial charge in [0, 0.05) is 29.1 Å². The summed E-state index contributed by atoms with van der Waals surface area (Å²) in [4.78, 5) is 35.1. The number of carbonyl (C=O) groups excluding carboxylic acids is 1. The molecule has 0 aliphatic carbocycles. The minimum absolute atomic E-state index is 0.0726. The fourth-order valence-corrected chi connectivity index (χ4v) is 4.77. The van der Waals surface area contributed by atoms with Crippen LogP contribution in [0.15, 0.2) is 53.3 Å². The van der Waals surface area contributed by atoms with E-state index in [0.29, 0.717) is 47.6 Å². The highest BCUT2D eigenvalue weighted by atomic mass is 35.5. The van der Waals surface area contributed by atoms with E-state index in [1.165, 1.54) is 0 Å². The van der Waals surface area contributed by atoms with Crippen LogP contribution < -0.4 is 5.56 Å². The third-order valence-electron chi connectivity index (χ3n) is 6.09. The summed E-state index contributed by atoms with van der Waals surface area (Å²) in [6, 6.07) is 14.9. The van der Waals surface area contributed by atoms with E-state index in [-0.39, 0.29) is 22.9 Å². The summed E-state index contributed by atoms with van der Waals surface area (Å²) in [7, 11) is 0. The van der Waals surface area contributed by atoms with Crippen molar-refractivity contribution in [2.24, 2.45) is 0 Å². The van der Waals surface area contributed by atoms with Gasteiger partial charge in [-0.3, -0.25) is 9.59 Å². The van der Waals surface area contributed by atoms with Crippen LogP contribution in [0.2, 0.25) is 10.0 Å². The average molecular weight is 497 g/mol. The number of piperidine rings is 1. The molecule has 0 radical (unpaired) electrons. The van der Waals surface area contributed by atoms with Gasteiger partial charge in [-0.15, -0.1) is 5.10 Å². The number of H-pyrrole nitrogens is 1. The molecule has 1 fully saturated rings. The number of carbonyl (C=O) groups is 1. The van der Waals surface area contributed by atoms with Gasteiger partial charge in [0.05, 0.1) is 13.0 Å². The first kappa shape index (κ1) is 22.6. The average Bonchev–Trinajstić information content (AvgIpc) is 3.25. The standard InChI is InChI=1S/C24H22Cl2N6O2/c25-18-9-8-16(19(26)12-18)14-32-23-21(29-30-32)24(34)28-22(27-23)17-7-4-10-31(13-17)20(33)11-15-5-2-1-3-6-15/h1-3,5-6,8-9,12,17H,4,7,10-11,13-14H2,(H,27,28,34). The highest BCUT2D eigenvalue weighted by Crippen LogP contribution is 2.26. The van der Waals surface area contributed by atoms with Crippen LogP contribution in [0.5, 0.6) is 0 Å². The van der Waals surface area contributed by atoms with E-state index in [1.54, 1.807) is 16.8 Å². The van der Waals surface area contributed by atoms with Crippen LogP contribution in [0.4, 0.5) is 0 Å². The summed E-state index contributed by atoms with van der Waals surface area (Å²) < 4.78 is 1.56. The molecule has 4 aromatic rings. The van der Waals surface area contributed by atoms with Crippen molar-refractivity contribution in [3.8, 4) is 0 Å². The number of nitrogens with zero attached hydrogens (tertiary/aromatic N) is 5. The van der Waals surface area contributed by atoms with Gasteiger partial charge in [-0.2, -0.15) is 0 Å². The molecule has 1 aliphatic rings. The van der Waals surface area contributed by atoms with Crippen molar-refractivity contribution in [2.75, 3.05) is 13.1 Å². The lowest BCUT2D eigenvalue weighted by molar-refractivity contribution is -0.131. The number of hydrogen-bond donors (Lipinski definition) is 1. The van der Waals surface area contributed by atoms with Crippen molar-refractivity contribution in [1.29, 1.82) is 0 Å². The Morgan fingerprint density at radius 2 is 1.97 bits per heavy atom. The maximum absolute atomic E-state index is 12.9. The Hall–Kier alpha value is -3.23. The zero-order valence-electron chi connectivity index (χ0n) is 18.2. The number of likely N-dealkylation sites (tertiary alicyclic amines) is 1. The van der Waals surface area contributed by atoms with Crippen LogP contribution in [0.25, 0.3) is 11.2 Å². The summed E-state index contributed by atoms with van der Waals surface area (Å²) in [5.41, 5.74) is 1.98. The third kappa shape index (κ3) is 4.69. The summed E-state index contributed by atoms with van der Waals surface area (Å²) in [6.07, 6.45) is 2.02. The molecule has 2 aromatic heterocycles. The van der Waals surface area contributed by atoms with Crippen molar-refractivity contribution < 1.29 is 4.79 Å². The topological polar surface area (TPSA) is 96.8 Å². The van der Waals surface area contributed by atoms with E-state index in [2.05, 4.69) is 15.3 Å². The molecular formula is C24H22Cl2N6O2. The minimum Gasteiger partial charge on any atom is -0.342 e. The van der Waals surface area contributed by atoms with Gasteiger partial charge in [-0.1, -0.05) is 64.8 Å². The molecule has 8 nitrogen and oxygen atoms in total. The van der Waals surface area contributed by atoms with Gasteiger partial charge >= 0.3 is 0 Å². The SMILES string of the molecule is O=C(Cc1ccccc1)N1CCCC(c2nc3c(nnn3Cc3ccc(Cl)cc3Cl)c(=O)[nH]2)C1. The number of fused-ring (bicyclic) bond motifs is 1. The molecule has 34 heavy (non-hydrogen) atoms. The van der Waals surface area contributed by atoms with Crippen LogP contribution in [0.3, 0.4) is 0 Å². The number of benzene rings is 2. The Morgan fingerprint density at radius 1 is 1.15 bits per heavy atom. The highest BCUT2D eigenvalue weighted by molar-refractivity contribution is 6.35. The van der Waals surface area contributed by atoms with Crippen molar-refractivity contribution >= 4 is 40.3 Å². The molecule has 2 aromatic carbocycles. The molecule has 1 aliphatic heterocycles. The van der Waals surface area contributed by atoms with Gasteiger partial charge in [-0.25, -0.2) is 9.67 Å². The molecule has 1 amide bonds. The Labute approximate surface area is 205 Å². The molecule has 1 unspecified atom stereocenters. The lowest BCUT2D eigenvalue weighted by Gasteiger charge is -2.32. The predicted octanol–water partition coefficient (Wildman–Crippen LogP) is 3.82. The lowest BCUT2D eigenvalue weighted by atomic mass is 9.96. The van der Waals surface area contributed by atoms with E-state index < -0.39 is 0 Å². The number of hydrogen-bond acceptors (Lipinski definition) is 5. The Morgan fingerprint density at radius 3 is 2.76 bits per heavy atom. The molecule has 1 atom stereocenters. The summed E-state index contributed by atoms with van der Waals surface area (Å²) in [6.45, 7) is 1.50. The van der Waals surface area contributed by atoms with Gasteiger partial charge in [0.1, 0.15) is 5.82 Å². The predicted molar refractivity (Wildman–Crippen MR) is 130 cm³/mol. The van der Waals surface area contributed by atoms with E-state index in [9.17, 15) is 9.59 Å². The van der Waals surface area contributed by atoms with Gasteiger partial charge in [0.25, 0.3) is 5.56 Å². The van der Waals surface area contributed by atoms with E-state index in [0.717, 1.165) is 24.0 Å². The monoisotopic (exact) mass is 496 g/mol. The molecule has 3 heterocycles. The maximum Gasteiger partial charge on any atom is 0.281 e. The smallest absolute Gasteiger partial charge is 0.281 e. The van der Waals surface area contributed by atoms with E-state index in [4.69, 9.17) is 28.2 Å². The number of halogens is 2. The first-order chi connectivity index (χ1) is 16.5. The quantitative estimate of drug-likeness (QED) is 0.452. The number of amides is 1. The number of nitrogens with one attached hydrogen (secondary N) is 1. The normalized spacial score (nSPS) is 16.2. The molecule has 10 heteroatoms. The molecular weight excluding hydrogens is 475 g/mol. The zero-order valence-corrected chi connectivity index (χ0v) is 19.8. The van der Waals surface area contributed by atoms with Gasteiger partial charge < -0.3 is 9.88 Å². The Kier molecular flexibility index (Phi) is 6.34. The van der Waals surface area contributed by atoms with E-state index in [1.807, 2.05) is 41.3 Å². The van der Waals surface area contributed by atoms with Crippen molar-refractivity contribution in [3.05, 3.63) is 85.9 Å². The minimum atomic E-state index is -0.346. The summed E-state index contributed by atoms with van der Waals surface area (Å²) in [5.74, 6) is 0.539. The van der Waals surface area contributed by atoms with Gasteiger partial charge in [-0.05, 0) is 36.1 Å². The molecule has 0 spiro atoms. The van der Waals surface area contributed by atoms with Gasteiger partial charge in [0.2, 0.25) is 5.91 Å². The second kappa shape index (κ2) is 9.56. The zero-order chi connectivity index (χ0) is 23.7. The first-order valence-electron chi connectivity index (χ1n) is 11.1. The number of aromatic amines is 1. The largest absolute Gasteiger partial charge is 0.342 e. The summed E-state index contributed by atoms with van der Waals surface area (Å²) >= 11 is 12.3. The molecule has 1 saturated heterocycles. The first-order valence-corrected chi connectivity index (χ1v) is 11.8. The van der Waals surface area contributed by atoms with Crippen LogP contribution in [-0.2, 0) is 17.8 Å². The van der Waals surface area contributed by atoms with Crippen molar-refractivity contribution in [1.82, 2.24) is 29.9 Å². The second-order valence-electron chi connectivity index (χ2n) is 8.45. The molecule has 5 rings (SSSR count). The van der Waals surface area contributed by atoms with E-state index >= 15 is 0 Å². The third-order valence-corrected chi connectivity index (χ3v) is 6.67. The lowest BCUT2D eigenvalue weighted by Crippen LogP contribution is -2.40. The van der Waals surface area contributed by atoms with Crippen LogP contribution in [0.1, 0.15) is 35.7 Å². The van der Waals surface area contributed by atoms with Gasteiger partial charge in [0.15, 0.2) is 11.2 Å². The maximum atomic E-state index is 12.9. The Balaban J connectivity index is 1.39. The van der Waals surface area contributed by atoms with Crippen molar-refractivity contribution in [3.63, 3.8) is 0 Å². The highest BCUT2D eigenvalue weighted by Gasteiger charge is 2.27. The molecule has 174 valence electrons.